The first kappa shape index (κ1) is 16.4. The Morgan fingerprint density at radius 2 is 1.76 bits per heavy atom. The Balaban J connectivity index is 2.17. The Morgan fingerprint density at radius 3 is 2.38 bits per heavy atom. The molecule has 0 aliphatic carbocycles. The Kier molecular flexibility index (Phi) is 6.16. The fourth-order valence-corrected chi connectivity index (χ4v) is 3.75. The standard InChI is InChI=1S/C18H22ClNS/c1-4-20-18(15-11-9-13(2)10-12-15)14(3)21-17-8-6-5-7-16(17)19/h5-12,14,18,20H,4H2,1-3H3. The van der Waals surface area contributed by atoms with Crippen LogP contribution in [-0.2, 0) is 0 Å². The third-order valence-corrected chi connectivity index (χ3v) is 5.17. The molecular formula is C18H22ClNS. The third-order valence-electron chi connectivity index (χ3n) is 3.48. The zero-order valence-corrected chi connectivity index (χ0v) is 14.3. The molecular weight excluding hydrogens is 298 g/mol. The van der Waals surface area contributed by atoms with E-state index >= 15 is 0 Å². The van der Waals surface area contributed by atoms with Gasteiger partial charge in [-0.3, -0.25) is 0 Å². The molecule has 0 aliphatic rings. The fraction of sp³-hybridized carbons (Fsp3) is 0.333. The largest absolute Gasteiger partial charge is 0.309 e. The lowest BCUT2D eigenvalue weighted by Gasteiger charge is -2.25. The van der Waals surface area contributed by atoms with E-state index in [4.69, 9.17) is 11.6 Å². The molecule has 2 aromatic rings. The van der Waals surface area contributed by atoms with Crippen molar-refractivity contribution in [2.45, 2.75) is 37.0 Å². The number of aryl methyl sites for hydroxylation is 1. The molecule has 0 fully saturated rings. The van der Waals surface area contributed by atoms with Crippen LogP contribution in [0, 0.1) is 6.92 Å². The molecule has 0 bridgehead atoms. The topological polar surface area (TPSA) is 12.0 Å². The van der Waals surface area contributed by atoms with Gasteiger partial charge in [-0.15, -0.1) is 11.8 Å². The highest BCUT2D eigenvalue weighted by atomic mass is 35.5. The van der Waals surface area contributed by atoms with E-state index < -0.39 is 0 Å². The van der Waals surface area contributed by atoms with E-state index in [2.05, 4.69) is 56.4 Å². The van der Waals surface area contributed by atoms with Gasteiger partial charge < -0.3 is 5.32 Å². The molecule has 112 valence electrons. The van der Waals surface area contributed by atoms with E-state index in [0.717, 1.165) is 16.5 Å². The lowest BCUT2D eigenvalue weighted by Crippen LogP contribution is -2.28. The first-order valence-electron chi connectivity index (χ1n) is 7.33. The lowest BCUT2D eigenvalue weighted by atomic mass is 10.0. The number of benzene rings is 2. The van der Waals surface area contributed by atoms with Crippen LogP contribution in [0.1, 0.15) is 31.0 Å². The van der Waals surface area contributed by atoms with Crippen LogP contribution in [-0.4, -0.2) is 11.8 Å². The minimum absolute atomic E-state index is 0.317. The number of hydrogen-bond acceptors (Lipinski definition) is 2. The molecule has 2 aromatic carbocycles. The van der Waals surface area contributed by atoms with Crippen LogP contribution >= 0.6 is 23.4 Å². The highest BCUT2D eigenvalue weighted by Crippen LogP contribution is 2.35. The predicted octanol–water partition coefficient (Wildman–Crippen LogP) is 5.48. The average Bonchev–Trinajstić information content (AvgIpc) is 2.48. The Hall–Kier alpha value is -0.960. The van der Waals surface area contributed by atoms with Gasteiger partial charge in [-0.25, -0.2) is 0 Å². The van der Waals surface area contributed by atoms with Gasteiger partial charge in [0.2, 0.25) is 0 Å². The van der Waals surface area contributed by atoms with Crippen molar-refractivity contribution >= 4 is 23.4 Å². The number of halogens is 1. The van der Waals surface area contributed by atoms with Crippen molar-refractivity contribution in [1.82, 2.24) is 5.32 Å². The molecule has 1 N–H and O–H groups in total. The lowest BCUT2D eigenvalue weighted by molar-refractivity contribution is 0.548. The second-order valence-electron chi connectivity index (χ2n) is 5.20. The summed E-state index contributed by atoms with van der Waals surface area (Å²) in [5.74, 6) is 0. The molecule has 0 amide bonds. The number of hydrogen-bond donors (Lipinski definition) is 1. The first-order valence-corrected chi connectivity index (χ1v) is 8.58. The van der Waals surface area contributed by atoms with Gasteiger partial charge >= 0.3 is 0 Å². The summed E-state index contributed by atoms with van der Waals surface area (Å²) >= 11 is 8.10. The van der Waals surface area contributed by atoms with Gasteiger partial charge in [0, 0.05) is 16.2 Å². The second kappa shape index (κ2) is 7.88. The molecule has 2 atom stereocenters. The smallest absolute Gasteiger partial charge is 0.0541 e. The Morgan fingerprint density at radius 1 is 1.10 bits per heavy atom. The van der Waals surface area contributed by atoms with Crippen molar-refractivity contribution in [3.05, 3.63) is 64.7 Å². The molecule has 1 nitrogen and oxygen atoms in total. The van der Waals surface area contributed by atoms with Crippen LogP contribution < -0.4 is 5.32 Å². The molecule has 21 heavy (non-hydrogen) atoms. The molecule has 0 aromatic heterocycles. The quantitative estimate of drug-likeness (QED) is 0.707. The Labute approximate surface area is 137 Å². The first-order chi connectivity index (χ1) is 10.1. The summed E-state index contributed by atoms with van der Waals surface area (Å²) in [5.41, 5.74) is 2.62. The molecule has 0 heterocycles. The van der Waals surface area contributed by atoms with E-state index in [0.29, 0.717) is 11.3 Å². The van der Waals surface area contributed by atoms with Crippen LogP contribution in [0.4, 0.5) is 0 Å². The summed E-state index contributed by atoms with van der Waals surface area (Å²) in [5, 5.41) is 4.82. The van der Waals surface area contributed by atoms with E-state index in [1.54, 1.807) is 0 Å². The predicted molar refractivity (Wildman–Crippen MR) is 94.4 cm³/mol. The van der Waals surface area contributed by atoms with Crippen molar-refractivity contribution in [2.75, 3.05) is 6.54 Å². The molecule has 0 spiro atoms. The minimum atomic E-state index is 0.317. The monoisotopic (exact) mass is 319 g/mol. The third kappa shape index (κ3) is 4.50. The normalized spacial score (nSPS) is 13.9. The van der Waals surface area contributed by atoms with Crippen LogP contribution in [0.5, 0.6) is 0 Å². The van der Waals surface area contributed by atoms with Gasteiger partial charge in [0.1, 0.15) is 0 Å². The maximum absolute atomic E-state index is 6.28. The fourth-order valence-electron chi connectivity index (χ4n) is 2.36. The SMILES string of the molecule is CCNC(c1ccc(C)cc1)C(C)Sc1ccccc1Cl. The van der Waals surface area contributed by atoms with Crippen molar-refractivity contribution in [2.24, 2.45) is 0 Å². The van der Waals surface area contributed by atoms with Crippen LogP contribution in [0.25, 0.3) is 0 Å². The zero-order valence-electron chi connectivity index (χ0n) is 12.8. The summed E-state index contributed by atoms with van der Waals surface area (Å²) in [4.78, 5) is 1.14. The van der Waals surface area contributed by atoms with Crippen molar-refractivity contribution in [3.63, 3.8) is 0 Å². The van der Waals surface area contributed by atoms with Gasteiger partial charge in [0.25, 0.3) is 0 Å². The molecule has 2 unspecified atom stereocenters. The number of rotatable bonds is 6. The minimum Gasteiger partial charge on any atom is -0.309 e. The van der Waals surface area contributed by atoms with E-state index in [-0.39, 0.29) is 0 Å². The second-order valence-corrected chi connectivity index (χ2v) is 7.03. The number of thioether (sulfide) groups is 1. The van der Waals surface area contributed by atoms with Crippen molar-refractivity contribution in [3.8, 4) is 0 Å². The highest BCUT2D eigenvalue weighted by Gasteiger charge is 2.20. The maximum atomic E-state index is 6.28. The summed E-state index contributed by atoms with van der Waals surface area (Å²) in [7, 11) is 0. The van der Waals surface area contributed by atoms with Crippen LogP contribution in [0.3, 0.4) is 0 Å². The van der Waals surface area contributed by atoms with E-state index in [1.807, 2.05) is 30.0 Å². The zero-order chi connectivity index (χ0) is 15.2. The molecule has 0 saturated carbocycles. The molecule has 2 rings (SSSR count). The average molecular weight is 320 g/mol. The summed E-state index contributed by atoms with van der Waals surface area (Å²) < 4.78 is 0. The maximum Gasteiger partial charge on any atom is 0.0541 e. The van der Waals surface area contributed by atoms with Gasteiger partial charge in [0.05, 0.1) is 5.02 Å². The molecule has 0 radical (unpaired) electrons. The molecule has 0 saturated heterocycles. The van der Waals surface area contributed by atoms with E-state index in [1.165, 1.54) is 11.1 Å². The molecule has 3 heteroatoms. The Bertz CT molecular complexity index is 568. The van der Waals surface area contributed by atoms with E-state index in [9.17, 15) is 0 Å². The van der Waals surface area contributed by atoms with Crippen LogP contribution in [0.15, 0.2) is 53.4 Å². The summed E-state index contributed by atoms with van der Waals surface area (Å²) in [6.07, 6.45) is 0. The summed E-state index contributed by atoms with van der Waals surface area (Å²) in [6, 6.07) is 17.1. The van der Waals surface area contributed by atoms with Gasteiger partial charge in [0.15, 0.2) is 0 Å². The number of nitrogens with one attached hydrogen (secondary N) is 1. The van der Waals surface area contributed by atoms with Crippen molar-refractivity contribution < 1.29 is 0 Å². The highest BCUT2D eigenvalue weighted by molar-refractivity contribution is 8.00. The van der Waals surface area contributed by atoms with Gasteiger partial charge in [-0.05, 0) is 31.2 Å². The van der Waals surface area contributed by atoms with Crippen LogP contribution in [0.2, 0.25) is 5.02 Å². The van der Waals surface area contributed by atoms with Crippen molar-refractivity contribution in [1.29, 1.82) is 0 Å². The molecule has 0 aliphatic heterocycles. The van der Waals surface area contributed by atoms with Gasteiger partial charge in [-0.1, -0.05) is 67.4 Å². The summed E-state index contributed by atoms with van der Waals surface area (Å²) in [6.45, 7) is 7.47. The van der Waals surface area contributed by atoms with Gasteiger partial charge in [-0.2, -0.15) is 0 Å².